The molecule has 24 heteroatoms. The summed E-state index contributed by atoms with van der Waals surface area (Å²) in [6.07, 6.45) is 1.87. The Hall–Kier alpha value is -5.11. The van der Waals surface area contributed by atoms with Crippen molar-refractivity contribution in [3.05, 3.63) is 157 Å². The molecule has 2 aliphatic rings. The summed E-state index contributed by atoms with van der Waals surface area (Å²) < 4.78 is 73.9. The maximum Gasteiger partial charge on any atom is 1.00 e. The Morgan fingerprint density at radius 1 is 0.582 bits per heavy atom. The van der Waals surface area contributed by atoms with Gasteiger partial charge < -0.3 is 35.4 Å². The fourth-order valence-corrected chi connectivity index (χ4v) is 7.86. The maximum atomic E-state index is 13.6. The fraction of sp³-hybridized carbons (Fsp3) is 0.0465. The topological polar surface area (TPSA) is 322 Å². The van der Waals surface area contributed by atoms with E-state index in [1.807, 2.05) is 0 Å². The van der Waals surface area contributed by atoms with E-state index >= 15 is 0 Å². The molecule has 0 spiro atoms. The molecule has 0 saturated carbocycles. The zero-order valence-corrected chi connectivity index (χ0v) is 43.7. The Morgan fingerprint density at radius 2 is 1.03 bits per heavy atom. The van der Waals surface area contributed by atoms with E-state index in [0.717, 1.165) is 12.2 Å². The van der Waals surface area contributed by atoms with Gasteiger partial charge in [-0.15, -0.1) is 0 Å². The summed E-state index contributed by atoms with van der Waals surface area (Å²) in [5, 5.41) is 24.5. The molecule has 67 heavy (non-hydrogen) atoms. The Labute approximate surface area is 448 Å². The van der Waals surface area contributed by atoms with Gasteiger partial charge in [0, 0.05) is 44.9 Å². The number of nitrogens with zero attached hydrogens (tertiary/aromatic N) is 2. The van der Waals surface area contributed by atoms with Gasteiger partial charge >= 0.3 is 88.7 Å². The van der Waals surface area contributed by atoms with Gasteiger partial charge in [-0.25, -0.2) is 16.8 Å². The molecular weight excluding hydrogens is 940 g/mol. The van der Waals surface area contributed by atoms with Crippen molar-refractivity contribution >= 4 is 102 Å². The standard InChI is InChI=1S/C43H33N7O12S2.3Na/c1-21-15-23(7-13-32(21)44)41(53)45-27-9-11-29-25(17-27)19-35(63(57,58)59)37(39(29)51)49-47-33-14-8-24(16-22(33)2)42(54)46-28-10-12-30-26(18-28)20-36(64(60,61)62)38(40(30)52)50-48-34-6-4-3-5-31(34)43(55)56;;;/h3-20,47-48H,44H2,1-2H3,(H,45,53)(H,46,54)(H,55,56)(H,57,58,59)(H,60,61,62);;;/q;3*+1/p-3/b49-37+,50-38+;;;. The molecule has 6 N–H and O–H groups in total. The number of anilines is 5. The van der Waals surface area contributed by atoms with E-state index in [4.69, 9.17) is 5.73 Å². The largest absolute Gasteiger partial charge is 1.00 e. The number of carboxylic acids is 1. The van der Waals surface area contributed by atoms with Crippen LogP contribution in [-0.4, -0.2) is 66.7 Å². The molecule has 0 aliphatic heterocycles. The Morgan fingerprint density at radius 3 is 1.48 bits per heavy atom. The number of fused-ring (bicyclic) bond motifs is 2. The van der Waals surface area contributed by atoms with Gasteiger partial charge in [0.1, 0.15) is 31.7 Å². The predicted octanol–water partition coefficient (Wildman–Crippen LogP) is -5.13. The molecule has 7 rings (SSSR count). The number of hydrazone groups is 2. The van der Waals surface area contributed by atoms with E-state index < -0.39 is 70.8 Å². The zero-order valence-electron chi connectivity index (χ0n) is 36.1. The number of carboxylic acid groups (broad SMARTS) is 1. The molecule has 0 atom stereocenters. The number of para-hydroxylation sites is 1. The Bertz CT molecular complexity index is 3280. The van der Waals surface area contributed by atoms with Crippen LogP contribution >= 0.6 is 0 Å². The summed E-state index contributed by atoms with van der Waals surface area (Å²) in [4.78, 5) is 62.7. The van der Waals surface area contributed by atoms with Gasteiger partial charge in [-0.2, -0.15) is 10.2 Å². The number of carbonyl (C=O) groups is 5. The number of Topliss-reactive ketones (excluding diaryl/α,β-unsaturated/α-hetero) is 2. The number of amides is 2. The number of hydrogen-bond acceptors (Lipinski definition) is 17. The van der Waals surface area contributed by atoms with Crippen molar-refractivity contribution in [2.75, 3.05) is 27.2 Å². The van der Waals surface area contributed by atoms with Crippen molar-refractivity contribution in [2.24, 2.45) is 10.2 Å². The molecule has 0 fully saturated rings. The molecule has 0 heterocycles. The first-order valence-corrected chi connectivity index (χ1v) is 21.3. The average molecular weight is 970 g/mol. The summed E-state index contributed by atoms with van der Waals surface area (Å²) in [7, 11) is -10.6. The average Bonchev–Trinajstić information content (AvgIpc) is 3.23. The Balaban J connectivity index is 0.00000327. The second kappa shape index (κ2) is 21.9. The van der Waals surface area contributed by atoms with E-state index in [1.165, 1.54) is 84.9 Å². The van der Waals surface area contributed by atoms with Crippen molar-refractivity contribution in [3.63, 3.8) is 0 Å². The SMILES string of the molecule is Cc1cc(C(=O)Nc2ccc3c(c2)C=C(S(=O)(=O)[O-])/C(=N\Nc2ccc(C(=O)Nc4ccc5c(c4)C=C(S(=O)(=O)[O-])/C(=N\Nc4ccccc4C(=O)[O-])C5=O)cc2C)C3=O)ccc1N.[Na+].[Na+].[Na+]. The van der Waals surface area contributed by atoms with Crippen LogP contribution in [-0.2, 0) is 20.2 Å². The number of hydrogen-bond donors (Lipinski definition) is 5. The zero-order chi connectivity index (χ0) is 46.2. The summed E-state index contributed by atoms with van der Waals surface area (Å²) in [5.41, 5.74) is 11.1. The van der Waals surface area contributed by atoms with Gasteiger partial charge in [-0.1, -0.05) is 18.2 Å². The van der Waals surface area contributed by atoms with Crippen LogP contribution in [0.5, 0.6) is 0 Å². The number of aryl methyl sites for hydroxylation is 2. The van der Waals surface area contributed by atoms with Crippen LogP contribution in [0.1, 0.15) is 74.0 Å². The van der Waals surface area contributed by atoms with Gasteiger partial charge in [0.15, 0.2) is 0 Å². The van der Waals surface area contributed by atoms with E-state index in [2.05, 4.69) is 31.7 Å². The van der Waals surface area contributed by atoms with E-state index in [-0.39, 0.29) is 145 Å². The summed E-state index contributed by atoms with van der Waals surface area (Å²) in [5.74, 6) is -4.65. The summed E-state index contributed by atoms with van der Waals surface area (Å²) in [6, 6.07) is 22.1. The van der Waals surface area contributed by atoms with Crippen LogP contribution in [0.2, 0.25) is 0 Å². The van der Waals surface area contributed by atoms with E-state index in [1.54, 1.807) is 26.0 Å². The predicted molar refractivity (Wildman–Crippen MR) is 232 cm³/mol. The summed E-state index contributed by atoms with van der Waals surface area (Å²) in [6.45, 7) is 3.29. The number of nitrogens with one attached hydrogen (secondary N) is 4. The van der Waals surface area contributed by atoms with Crippen molar-refractivity contribution < 1.29 is 144 Å². The van der Waals surface area contributed by atoms with Crippen LogP contribution in [0.25, 0.3) is 12.2 Å². The third-order valence-electron chi connectivity index (χ3n) is 9.86. The molecule has 0 unspecified atom stereocenters. The molecule has 19 nitrogen and oxygen atoms in total. The van der Waals surface area contributed by atoms with Crippen LogP contribution in [0.4, 0.5) is 28.4 Å². The van der Waals surface area contributed by atoms with Gasteiger partial charge in [0.05, 0.1) is 27.2 Å². The number of nitrogen functional groups attached to an aromatic ring is 1. The minimum absolute atomic E-state index is 0. The molecule has 5 aromatic rings. The maximum absolute atomic E-state index is 13.6. The molecule has 2 aliphatic carbocycles. The van der Waals surface area contributed by atoms with Crippen LogP contribution in [0.15, 0.2) is 117 Å². The van der Waals surface area contributed by atoms with E-state index in [9.17, 15) is 55.0 Å². The normalized spacial score (nSPS) is 14.1. The number of aromatic carboxylic acids is 1. The number of carbonyl (C=O) groups excluding carboxylic acids is 5. The van der Waals surface area contributed by atoms with Crippen molar-refractivity contribution in [1.82, 2.24) is 0 Å². The second-order valence-corrected chi connectivity index (χ2v) is 16.9. The van der Waals surface area contributed by atoms with Crippen molar-refractivity contribution in [3.8, 4) is 0 Å². The first-order valence-electron chi connectivity index (χ1n) is 18.5. The van der Waals surface area contributed by atoms with Crippen LogP contribution < -0.4 is 121 Å². The minimum atomic E-state index is -5.32. The molecule has 0 aromatic heterocycles. The molecule has 0 bridgehead atoms. The first-order chi connectivity index (χ1) is 30.2. The van der Waals surface area contributed by atoms with Gasteiger partial charge in [0.2, 0.25) is 11.6 Å². The summed E-state index contributed by atoms with van der Waals surface area (Å²) >= 11 is 0. The number of ketones is 2. The third-order valence-corrected chi connectivity index (χ3v) is 11.6. The quantitative estimate of drug-likeness (QED) is 0.0358. The van der Waals surface area contributed by atoms with Crippen molar-refractivity contribution in [1.29, 1.82) is 0 Å². The molecule has 5 aromatic carbocycles. The minimum Gasteiger partial charge on any atom is -0.744 e. The number of benzene rings is 5. The number of allylic oxidation sites excluding steroid dienone is 2. The second-order valence-electron chi connectivity index (χ2n) is 14.2. The van der Waals surface area contributed by atoms with Crippen molar-refractivity contribution in [2.45, 2.75) is 13.8 Å². The molecule has 0 saturated heterocycles. The van der Waals surface area contributed by atoms with E-state index in [0.29, 0.717) is 22.4 Å². The monoisotopic (exact) mass is 969 g/mol. The van der Waals surface area contributed by atoms with Gasteiger partial charge in [0.25, 0.3) is 11.8 Å². The number of nitrogens with two attached hydrogens (primary N) is 1. The first kappa shape index (κ1) is 54.5. The smallest absolute Gasteiger partial charge is 0.744 e. The molecule has 0 radical (unpaired) electrons. The molecular formula is C43H30N7Na3O12S2. The van der Waals surface area contributed by atoms with Gasteiger partial charge in [-0.3, -0.25) is 30.0 Å². The molecule has 324 valence electrons. The van der Waals surface area contributed by atoms with Crippen LogP contribution in [0, 0.1) is 13.8 Å². The number of rotatable bonds is 11. The third kappa shape index (κ3) is 12.1. The molecule has 2 amide bonds. The fourth-order valence-electron chi connectivity index (χ4n) is 6.57. The van der Waals surface area contributed by atoms with Gasteiger partial charge in [-0.05, 0) is 127 Å². The Kier molecular flexibility index (Phi) is 17.8. The van der Waals surface area contributed by atoms with Crippen LogP contribution in [0.3, 0.4) is 0 Å².